The zero-order valence-corrected chi connectivity index (χ0v) is 18.9. The first-order valence-corrected chi connectivity index (χ1v) is 11.4. The Labute approximate surface area is 189 Å². The number of amides is 1. The molecule has 0 saturated heterocycles. The molecule has 8 nitrogen and oxygen atoms in total. The normalized spacial score (nSPS) is 12.8. The van der Waals surface area contributed by atoms with Crippen molar-refractivity contribution in [2.45, 2.75) is 37.3 Å². The van der Waals surface area contributed by atoms with Crippen LogP contribution in [0.2, 0.25) is 0 Å². The van der Waals surface area contributed by atoms with E-state index in [2.05, 4.69) is 10.3 Å². The summed E-state index contributed by atoms with van der Waals surface area (Å²) in [6, 6.07) is 8.86. The summed E-state index contributed by atoms with van der Waals surface area (Å²) >= 11 is 1.28. The number of carbonyl (C=O) groups excluding carboxylic acids is 1. The van der Waals surface area contributed by atoms with Gasteiger partial charge in [-0.2, -0.15) is 4.98 Å². The molecule has 0 radical (unpaired) electrons. The van der Waals surface area contributed by atoms with Crippen LogP contribution in [0.4, 0.5) is 5.69 Å². The molecule has 4 rings (SSSR count). The quantitative estimate of drug-likeness (QED) is 0.410. The average molecular weight is 456 g/mol. The molecule has 2 aromatic heterocycles. The van der Waals surface area contributed by atoms with Crippen LogP contribution in [-0.4, -0.2) is 35.4 Å². The SMILES string of the molecule is COc1ccc(OC)c(NC(=O)CSc2nc(=O)n(Cc3ccco3)c3c2CCCC3)c1. The van der Waals surface area contributed by atoms with Gasteiger partial charge in [0.2, 0.25) is 5.91 Å². The molecule has 3 aromatic rings. The number of nitrogens with zero attached hydrogens (tertiary/aromatic N) is 2. The minimum atomic E-state index is -0.320. The Morgan fingerprint density at radius 2 is 2.06 bits per heavy atom. The number of thioether (sulfide) groups is 1. The second-order valence-electron chi connectivity index (χ2n) is 7.40. The monoisotopic (exact) mass is 455 g/mol. The van der Waals surface area contributed by atoms with Crippen LogP contribution in [0, 0.1) is 0 Å². The van der Waals surface area contributed by atoms with E-state index in [0.717, 1.165) is 36.9 Å². The number of fused-ring (bicyclic) bond motifs is 1. The average Bonchev–Trinajstić information content (AvgIpc) is 3.33. The molecule has 1 aliphatic rings. The van der Waals surface area contributed by atoms with Crippen LogP contribution in [0.3, 0.4) is 0 Å². The van der Waals surface area contributed by atoms with Crippen LogP contribution in [0.5, 0.6) is 11.5 Å². The Kier molecular flexibility index (Phi) is 6.84. The van der Waals surface area contributed by atoms with Crippen molar-refractivity contribution in [1.29, 1.82) is 0 Å². The van der Waals surface area contributed by atoms with Crippen LogP contribution in [0.1, 0.15) is 29.9 Å². The number of ether oxygens (including phenoxy) is 2. The maximum atomic E-state index is 12.8. The molecule has 1 N–H and O–H groups in total. The highest BCUT2D eigenvalue weighted by molar-refractivity contribution is 8.00. The molecule has 32 heavy (non-hydrogen) atoms. The highest BCUT2D eigenvalue weighted by atomic mass is 32.2. The topological polar surface area (TPSA) is 95.6 Å². The van der Waals surface area contributed by atoms with Crippen LogP contribution in [0.15, 0.2) is 50.8 Å². The summed E-state index contributed by atoms with van der Waals surface area (Å²) in [5, 5.41) is 3.49. The fraction of sp³-hybridized carbons (Fsp3) is 0.348. The number of furan rings is 1. The van der Waals surface area contributed by atoms with Crippen molar-refractivity contribution < 1.29 is 18.7 Å². The third-order valence-electron chi connectivity index (χ3n) is 5.37. The van der Waals surface area contributed by atoms with Gasteiger partial charge in [-0.25, -0.2) is 4.79 Å². The van der Waals surface area contributed by atoms with Gasteiger partial charge < -0.3 is 19.2 Å². The number of carbonyl (C=O) groups is 1. The van der Waals surface area contributed by atoms with Gasteiger partial charge in [0.1, 0.15) is 22.3 Å². The number of hydrogen-bond acceptors (Lipinski definition) is 7. The molecule has 0 fully saturated rings. The van der Waals surface area contributed by atoms with Crippen LogP contribution in [0.25, 0.3) is 0 Å². The van der Waals surface area contributed by atoms with E-state index in [0.29, 0.717) is 34.5 Å². The number of anilines is 1. The molecule has 2 heterocycles. The molecule has 0 aliphatic heterocycles. The van der Waals surface area contributed by atoms with E-state index in [1.54, 1.807) is 49.3 Å². The van der Waals surface area contributed by atoms with Gasteiger partial charge >= 0.3 is 5.69 Å². The van der Waals surface area contributed by atoms with Crippen molar-refractivity contribution in [3.8, 4) is 11.5 Å². The van der Waals surface area contributed by atoms with Gasteiger partial charge in [0.05, 0.1) is 38.5 Å². The van der Waals surface area contributed by atoms with Gasteiger partial charge in [-0.1, -0.05) is 11.8 Å². The zero-order valence-electron chi connectivity index (χ0n) is 18.1. The summed E-state index contributed by atoms with van der Waals surface area (Å²) in [6.45, 7) is 0.363. The fourth-order valence-corrected chi connectivity index (χ4v) is 4.70. The number of nitrogens with one attached hydrogen (secondary N) is 1. The molecule has 0 saturated carbocycles. The molecule has 168 valence electrons. The Balaban J connectivity index is 1.52. The van der Waals surface area contributed by atoms with Crippen LogP contribution >= 0.6 is 11.8 Å². The van der Waals surface area contributed by atoms with Gasteiger partial charge in [0.25, 0.3) is 0 Å². The molecule has 0 unspecified atom stereocenters. The Bertz CT molecular complexity index is 1160. The summed E-state index contributed by atoms with van der Waals surface area (Å²) in [4.78, 5) is 29.7. The first-order valence-electron chi connectivity index (χ1n) is 10.4. The van der Waals surface area contributed by atoms with Crippen molar-refractivity contribution in [2.24, 2.45) is 0 Å². The van der Waals surface area contributed by atoms with E-state index in [9.17, 15) is 9.59 Å². The number of hydrogen-bond donors (Lipinski definition) is 1. The lowest BCUT2D eigenvalue weighted by molar-refractivity contribution is -0.113. The minimum Gasteiger partial charge on any atom is -0.497 e. The smallest absolute Gasteiger partial charge is 0.349 e. The van der Waals surface area contributed by atoms with Crippen LogP contribution in [-0.2, 0) is 24.2 Å². The first-order chi connectivity index (χ1) is 15.6. The van der Waals surface area contributed by atoms with E-state index >= 15 is 0 Å². The van der Waals surface area contributed by atoms with Gasteiger partial charge in [-0.3, -0.25) is 9.36 Å². The second kappa shape index (κ2) is 9.95. The highest BCUT2D eigenvalue weighted by Crippen LogP contribution is 2.31. The Hall–Kier alpha value is -3.20. The summed E-state index contributed by atoms with van der Waals surface area (Å²) in [5.74, 6) is 1.78. The largest absolute Gasteiger partial charge is 0.497 e. The van der Waals surface area contributed by atoms with Gasteiger partial charge in [0.15, 0.2) is 0 Å². The van der Waals surface area contributed by atoms with Crippen molar-refractivity contribution in [2.75, 3.05) is 25.3 Å². The first kappa shape index (κ1) is 22.0. The number of methoxy groups -OCH3 is 2. The lowest BCUT2D eigenvalue weighted by Crippen LogP contribution is -2.30. The number of rotatable bonds is 8. The third kappa shape index (κ3) is 4.83. The van der Waals surface area contributed by atoms with E-state index in [1.807, 2.05) is 6.07 Å². The van der Waals surface area contributed by atoms with Crippen molar-refractivity contribution in [1.82, 2.24) is 9.55 Å². The maximum absolute atomic E-state index is 12.8. The molecule has 0 bridgehead atoms. The predicted molar refractivity (Wildman–Crippen MR) is 122 cm³/mol. The lowest BCUT2D eigenvalue weighted by atomic mass is 9.97. The fourth-order valence-electron chi connectivity index (χ4n) is 3.82. The molecule has 0 atom stereocenters. The standard InChI is InChI=1S/C23H25N3O5S/c1-29-15-9-10-20(30-2)18(12-15)24-21(27)14-32-22-17-7-3-4-8-19(17)26(23(28)25-22)13-16-6-5-11-31-16/h5-6,9-12H,3-4,7-8,13-14H2,1-2H3,(H,24,27). The molecule has 1 aromatic carbocycles. The van der Waals surface area contributed by atoms with E-state index < -0.39 is 0 Å². The minimum absolute atomic E-state index is 0.126. The van der Waals surface area contributed by atoms with Crippen molar-refractivity contribution >= 4 is 23.4 Å². The van der Waals surface area contributed by atoms with Crippen molar-refractivity contribution in [3.63, 3.8) is 0 Å². The summed E-state index contributed by atoms with van der Waals surface area (Å²) in [7, 11) is 3.10. The van der Waals surface area contributed by atoms with Gasteiger partial charge in [-0.05, 0) is 49.9 Å². The second-order valence-corrected chi connectivity index (χ2v) is 8.36. The van der Waals surface area contributed by atoms with Gasteiger partial charge in [0, 0.05) is 17.3 Å². The van der Waals surface area contributed by atoms with Crippen molar-refractivity contribution in [3.05, 3.63) is 64.1 Å². The van der Waals surface area contributed by atoms with E-state index in [4.69, 9.17) is 13.9 Å². The predicted octanol–water partition coefficient (Wildman–Crippen LogP) is 3.51. The summed E-state index contributed by atoms with van der Waals surface area (Å²) in [6.07, 6.45) is 5.31. The molecule has 0 spiro atoms. The lowest BCUT2D eigenvalue weighted by Gasteiger charge is -2.22. The zero-order chi connectivity index (χ0) is 22.5. The number of aromatic nitrogens is 2. The Morgan fingerprint density at radius 1 is 1.22 bits per heavy atom. The van der Waals surface area contributed by atoms with Crippen LogP contribution < -0.4 is 20.5 Å². The Morgan fingerprint density at radius 3 is 2.81 bits per heavy atom. The summed E-state index contributed by atoms with van der Waals surface area (Å²) in [5.41, 5.74) is 2.25. The highest BCUT2D eigenvalue weighted by Gasteiger charge is 2.22. The van der Waals surface area contributed by atoms with Gasteiger partial charge in [-0.15, -0.1) is 0 Å². The molecular formula is C23H25N3O5S. The summed E-state index contributed by atoms with van der Waals surface area (Å²) < 4.78 is 17.6. The number of benzene rings is 1. The molecular weight excluding hydrogens is 430 g/mol. The molecule has 1 amide bonds. The molecule has 9 heteroatoms. The third-order valence-corrected chi connectivity index (χ3v) is 6.38. The maximum Gasteiger partial charge on any atom is 0.349 e. The van der Waals surface area contributed by atoms with E-state index in [1.165, 1.54) is 11.8 Å². The molecule has 1 aliphatic carbocycles. The van der Waals surface area contributed by atoms with E-state index in [-0.39, 0.29) is 17.3 Å².